The van der Waals surface area contributed by atoms with Crippen LogP contribution in [0.4, 0.5) is 0 Å². The molecule has 0 aromatic heterocycles. The van der Waals surface area contributed by atoms with E-state index in [-0.39, 0.29) is 48.8 Å². The molecule has 0 spiro atoms. The van der Waals surface area contributed by atoms with Crippen LogP contribution in [0.2, 0.25) is 0 Å². The van der Waals surface area contributed by atoms with E-state index in [1.807, 2.05) is 28.1 Å². The summed E-state index contributed by atoms with van der Waals surface area (Å²) in [6.45, 7) is 3.93. The van der Waals surface area contributed by atoms with Gasteiger partial charge in [0.05, 0.1) is 27.4 Å². The van der Waals surface area contributed by atoms with Gasteiger partial charge in [0, 0.05) is 12.8 Å². The Bertz CT molecular complexity index is 2150. The van der Waals surface area contributed by atoms with E-state index >= 15 is 0 Å². The van der Waals surface area contributed by atoms with Crippen LogP contribution in [0.25, 0.3) is 0 Å². The molecule has 62 heavy (non-hydrogen) atoms. The molecule has 0 aliphatic heterocycles. The average Bonchev–Trinajstić information content (AvgIpc) is 3.22. The molecule has 0 N–H and O–H groups in total. The summed E-state index contributed by atoms with van der Waals surface area (Å²) >= 11 is 0. The van der Waals surface area contributed by atoms with Crippen molar-refractivity contribution >= 4 is 11.9 Å². The van der Waals surface area contributed by atoms with Crippen molar-refractivity contribution in [1.29, 1.82) is 0 Å². The maximum atomic E-state index is 13.1. The fourth-order valence-electron chi connectivity index (χ4n) is 11.4. The lowest BCUT2D eigenvalue weighted by Crippen LogP contribution is -2.26. The Morgan fingerprint density at radius 3 is 1.05 bits per heavy atom. The highest BCUT2D eigenvalue weighted by Gasteiger charge is 2.41. The van der Waals surface area contributed by atoms with E-state index in [0.29, 0.717) is 26.1 Å². The fourth-order valence-corrected chi connectivity index (χ4v) is 11.4. The van der Waals surface area contributed by atoms with E-state index in [1.165, 1.54) is 44.5 Å². The minimum absolute atomic E-state index is 0.108. The molecule has 2 fully saturated rings. The van der Waals surface area contributed by atoms with E-state index in [9.17, 15) is 9.59 Å². The second-order valence-electron chi connectivity index (χ2n) is 18.3. The van der Waals surface area contributed by atoms with Crippen molar-refractivity contribution in [1.82, 2.24) is 0 Å². The molecule has 4 aromatic rings. The number of hydrogen-bond acceptors (Lipinski definition) is 8. The first-order chi connectivity index (χ1) is 30.3. The summed E-state index contributed by atoms with van der Waals surface area (Å²) in [6.07, 6.45) is 15.9. The number of methoxy groups -OCH3 is 2. The number of rotatable bonds is 10. The number of carbonyl (C=O) groups excluding carboxylic acids is 2. The molecule has 5 aliphatic rings. The van der Waals surface area contributed by atoms with Crippen molar-refractivity contribution < 1.29 is 38.0 Å². The first kappa shape index (κ1) is 42.3. The number of aryl methyl sites for hydroxylation is 4. The minimum atomic E-state index is -0.372. The van der Waals surface area contributed by atoms with Crippen LogP contribution < -0.4 is 18.9 Å². The van der Waals surface area contributed by atoms with Gasteiger partial charge in [0.1, 0.15) is 23.0 Å². The second-order valence-corrected chi connectivity index (χ2v) is 18.3. The number of benzene rings is 4. The van der Waals surface area contributed by atoms with E-state index in [1.54, 1.807) is 0 Å². The minimum Gasteiger partial charge on any atom is -0.496 e. The normalized spacial score (nSPS) is 21.2. The lowest BCUT2D eigenvalue weighted by Gasteiger charge is -2.41. The van der Waals surface area contributed by atoms with Gasteiger partial charge in [0.15, 0.2) is 13.2 Å². The first-order valence-corrected chi connectivity index (χ1v) is 23.6. The van der Waals surface area contributed by atoms with Crippen molar-refractivity contribution in [3.8, 4) is 23.0 Å². The van der Waals surface area contributed by atoms with Gasteiger partial charge in [-0.3, -0.25) is 0 Å². The van der Waals surface area contributed by atoms with Crippen molar-refractivity contribution in [2.45, 2.75) is 140 Å². The third kappa shape index (κ3) is 8.55. The third-order valence-electron chi connectivity index (χ3n) is 14.5. The van der Waals surface area contributed by atoms with Gasteiger partial charge in [-0.1, -0.05) is 61.4 Å². The standard InChI is InChI=1S/C54H64O8/c1-5-59-49(55)31-61-53-39-23-35-15-11-8-12-16-36-24-40(54(62-32-50(56)60-6-2)48(28-36)44-20-19-43(44)47(53)27-35)30-38-22-34-14-10-7-9-13-33-21-37(29-39)51(57-3)45(25-33)41-17-18-42(41)46(26-34)52(38)58-4/h21-28,41-44H,5-20,29-32H2,1-4H3/t41-,42+,43+,44-. The Labute approximate surface area is 368 Å². The Balaban J connectivity index is 1.33. The highest BCUT2D eigenvalue weighted by atomic mass is 16.6. The lowest BCUT2D eigenvalue weighted by molar-refractivity contribution is -0.146. The van der Waals surface area contributed by atoms with Gasteiger partial charge in [-0.15, -0.1) is 0 Å². The SMILES string of the molecule is CCOC(=O)COc1c2cc3cc1[C@H]1CC[C@H]1c1cc(cc(c1OCC(=O)OCC)Cc1cc4cc(c1OC)[C@H]1CC[C@H]1c1cc(cc(c1OC)C2)CCCCC4)CCCCC3. The number of fused-ring (bicyclic) bond motifs is 8. The highest BCUT2D eigenvalue weighted by molar-refractivity contribution is 5.72. The summed E-state index contributed by atoms with van der Waals surface area (Å²) in [6, 6.07) is 19.1. The highest BCUT2D eigenvalue weighted by Crippen LogP contribution is 2.58. The van der Waals surface area contributed by atoms with Crippen LogP contribution in [0.3, 0.4) is 0 Å². The van der Waals surface area contributed by atoms with Crippen LogP contribution in [0, 0.1) is 0 Å². The van der Waals surface area contributed by atoms with E-state index in [4.69, 9.17) is 28.4 Å². The first-order valence-electron chi connectivity index (χ1n) is 23.6. The number of ether oxygens (including phenoxy) is 6. The molecule has 5 aliphatic carbocycles. The van der Waals surface area contributed by atoms with Crippen molar-refractivity contribution in [2.75, 3.05) is 40.6 Å². The molecule has 0 amide bonds. The zero-order valence-electron chi connectivity index (χ0n) is 37.3. The van der Waals surface area contributed by atoms with Crippen molar-refractivity contribution in [2.24, 2.45) is 0 Å². The molecular formula is C54H64O8. The zero-order chi connectivity index (χ0) is 42.7. The molecule has 12 bridgehead atoms. The van der Waals surface area contributed by atoms with Crippen LogP contribution >= 0.6 is 0 Å². The Morgan fingerprint density at radius 2 is 0.758 bits per heavy atom. The van der Waals surface area contributed by atoms with Gasteiger partial charge in [-0.05, 0) is 181 Å². The smallest absolute Gasteiger partial charge is 0.344 e. The maximum absolute atomic E-state index is 13.1. The van der Waals surface area contributed by atoms with Crippen LogP contribution in [0.5, 0.6) is 23.0 Å². The maximum Gasteiger partial charge on any atom is 0.344 e. The molecule has 8 nitrogen and oxygen atoms in total. The topological polar surface area (TPSA) is 89.5 Å². The molecule has 4 atom stereocenters. The molecule has 9 rings (SSSR count). The van der Waals surface area contributed by atoms with Gasteiger partial charge in [-0.25, -0.2) is 9.59 Å². The Morgan fingerprint density at radius 1 is 0.452 bits per heavy atom. The molecular weight excluding hydrogens is 777 g/mol. The van der Waals surface area contributed by atoms with Gasteiger partial charge < -0.3 is 28.4 Å². The Kier molecular flexibility index (Phi) is 12.8. The summed E-state index contributed by atoms with van der Waals surface area (Å²) < 4.78 is 37.4. The van der Waals surface area contributed by atoms with Crippen LogP contribution in [0.1, 0.15) is 168 Å². The molecule has 2 saturated carbocycles. The van der Waals surface area contributed by atoms with Crippen molar-refractivity contribution in [3.63, 3.8) is 0 Å². The van der Waals surface area contributed by atoms with Gasteiger partial charge >= 0.3 is 11.9 Å². The van der Waals surface area contributed by atoms with E-state index in [2.05, 4.69) is 48.5 Å². The quantitative estimate of drug-likeness (QED) is 0.146. The van der Waals surface area contributed by atoms with E-state index < -0.39 is 0 Å². The van der Waals surface area contributed by atoms with Gasteiger partial charge in [0.25, 0.3) is 0 Å². The largest absolute Gasteiger partial charge is 0.496 e. The Hall–Kier alpha value is -4.98. The molecule has 0 saturated heterocycles. The predicted molar refractivity (Wildman–Crippen MR) is 241 cm³/mol. The molecule has 0 radical (unpaired) electrons. The van der Waals surface area contributed by atoms with Gasteiger partial charge in [-0.2, -0.15) is 0 Å². The fraction of sp³-hybridized carbons (Fsp3) is 0.519. The number of carbonyl (C=O) groups is 2. The molecule has 0 heterocycles. The number of hydrogen-bond donors (Lipinski definition) is 0. The predicted octanol–water partition coefficient (Wildman–Crippen LogP) is 10.9. The monoisotopic (exact) mass is 840 g/mol. The van der Waals surface area contributed by atoms with Crippen LogP contribution in [-0.2, 0) is 57.6 Å². The summed E-state index contributed by atoms with van der Waals surface area (Å²) in [5.74, 6) is 3.51. The molecule has 4 aromatic carbocycles. The molecule has 0 unspecified atom stereocenters. The summed E-state index contributed by atoms with van der Waals surface area (Å²) in [5, 5.41) is 0. The lowest BCUT2D eigenvalue weighted by atomic mass is 9.64. The second kappa shape index (κ2) is 18.8. The zero-order valence-corrected chi connectivity index (χ0v) is 37.3. The van der Waals surface area contributed by atoms with Gasteiger partial charge in [0.2, 0.25) is 0 Å². The third-order valence-corrected chi connectivity index (χ3v) is 14.5. The summed E-state index contributed by atoms with van der Waals surface area (Å²) in [7, 11) is 3.67. The summed E-state index contributed by atoms with van der Waals surface area (Å²) in [4.78, 5) is 26.1. The van der Waals surface area contributed by atoms with E-state index in [0.717, 1.165) is 135 Å². The van der Waals surface area contributed by atoms with Crippen LogP contribution in [0.15, 0.2) is 48.5 Å². The molecule has 328 valence electrons. The summed E-state index contributed by atoms with van der Waals surface area (Å²) in [5.41, 5.74) is 14.7. The van der Waals surface area contributed by atoms with Crippen molar-refractivity contribution in [3.05, 3.63) is 115 Å². The van der Waals surface area contributed by atoms with Crippen LogP contribution in [-0.4, -0.2) is 52.6 Å². The average molecular weight is 841 g/mol. The number of esters is 2. The molecule has 8 heteroatoms.